The predicted molar refractivity (Wildman–Crippen MR) is 162 cm³/mol. The Balaban J connectivity index is 1.37. The molecule has 1 aromatic carbocycles. The molecule has 5 rings (SSSR count). The molecule has 0 spiro atoms. The van der Waals surface area contributed by atoms with E-state index in [1.54, 1.807) is 11.3 Å². The summed E-state index contributed by atoms with van der Waals surface area (Å²) in [6.45, 7) is 4.50. The van der Waals surface area contributed by atoms with Gasteiger partial charge in [0.25, 0.3) is 0 Å². The minimum atomic E-state index is 0.889. The van der Waals surface area contributed by atoms with E-state index in [1.165, 1.54) is 82.9 Å². The van der Waals surface area contributed by atoms with Crippen molar-refractivity contribution in [2.75, 3.05) is 0 Å². The Morgan fingerprint density at radius 2 is 1.26 bits per heavy atom. The molecule has 0 nitrogen and oxygen atoms in total. The molecule has 0 unspecified atom stereocenters. The van der Waals surface area contributed by atoms with E-state index in [2.05, 4.69) is 80.6 Å². The number of benzene rings is 1. The van der Waals surface area contributed by atoms with Crippen LogP contribution in [-0.2, 0) is 12.8 Å². The van der Waals surface area contributed by atoms with Crippen LogP contribution in [0.15, 0.2) is 66.7 Å². The normalized spacial score (nSPS) is 11.4. The van der Waals surface area contributed by atoms with E-state index >= 15 is 0 Å². The van der Waals surface area contributed by atoms with E-state index in [1.807, 2.05) is 34.0 Å². The lowest BCUT2D eigenvalue weighted by Crippen LogP contribution is -1.85. The highest BCUT2D eigenvalue weighted by molar-refractivity contribution is 7.29. The molecule has 180 valence electrons. The molecule has 0 radical (unpaired) electrons. The molecule has 0 bridgehead atoms. The number of rotatable bonds is 10. The standard InChI is InChI=1S/C30H29ClS4/c1-3-5-6-10-13-21-14-15-23(32-21)24-16-17-25(33-24)26-18-19-27(34-26)29-22(4-2)28(30(31)35-29)20-11-8-7-9-12-20/h7-9,11-12,14-19H,3-6,10,13H2,1-2H3. The zero-order valence-electron chi connectivity index (χ0n) is 20.1. The molecule has 35 heavy (non-hydrogen) atoms. The van der Waals surface area contributed by atoms with E-state index in [4.69, 9.17) is 11.6 Å². The van der Waals surface area contributed by atoms with Crippen molar-refractivity contribution < 1.29 is 0 Å². The zero-order valence-corrected chi connectivity index (χ0v) is 24.1. The highest BCUT2D eigenvalue weighted by Crippen LogP contribution is 2.49. The van der Waals surface area contributed by atoms with Crippen molar-refractivity contribution in [3.8, 4) is 40.4 Å². The van der Waals surface area contributed by atoms with Crippen LogP contribution in [0.25, 0.3) is 40.4 Å². The van der Waals surface area contributed by atoms with E-state index in [-0.39, 0.29) is 0 Å². The molecule has 0 fully saturated rings. The number of aryl methyl sites for hydroxylation is 1. The van der Waals surface area contributed by atoms with Gasteiger partial charge in [-0.05, 0) is 66.8 Å². The average molecular weight is 553 g/mol. The van der Waals surface area contributed by atoms with Crippen LogP contribution in [0.3, 0.4) is 0 Å². The first kappa shape index (κ1) is 25.0. The minimum Gasteiger partial charge on any atom is -0.139 e. The first-order valence-electron chi connectivity index (χ1n) is 12.3. The quantitative estimate of drug-likeness (QED) is 0.151. The summed E-state index contributed by atoms with van der Waals surface area (Å²) in [5, 5.41) is 0. The van der Waals surface area contributed by atoms with Gasteiger partial charge in [0.05, 0.1) is 0 Å². The fourth-order valence-corrected chi connectivity index (χ4v) is 9.40. The van der Waals surface area contributed by atoms with Gasteiger partial charge < -0.3 is 0 Å². The molecule has 0 saturated carbocycles. The summed E-state index contributed by atoms with van der Waals surface area (Å²) in [5.74, 6) is 0. The van der Waals surface area contributed by atoms with Gasteiger partial charge in [0.2, 0.25) is 0 Å². The fourth-order valence-electron chi connectivity index (χ4n) is 4.43. The summed E-state index contributed by atoms with van der Waals surface area (Å²) in [6.07, 6.45) is 7.48. The molecule has 0 aliphatic carbocycles. The largest absolute Gasteiger partial charge is 0.139 e. The molecular formula is C30H29ClS4. The molecule has 4 aromatic heterocycles. The van der Waals surface area contributed by atoms with Gasteiger partial charge in [-0.1, -0.05) is 75.0 Å². The van der Waals surface area contributed by atoms with E-state index in [0.29, 0.717) is 0 Å². The number of hydrogen-bond donors (Lipinski definition) is 0. The van der Waals surface area contributed by atoms with Gasteiger partial charge in [-0.15, -0.1) is 45.3 Å². The third-order valence-electron chi connectivity index (χ3n) is 6.24. The molecule has 0 saturated heterocycles. The maximum atomic E-state index is 6.78. The van der Waals surface area contributed by atoms with Crippen LogP contribution in [0.5, 0.6) is 0 Å². The van der Waals surface area contributed by atoms with Crippen molar-refractivity contribution in [1.82, 2.24) is 0 Å². The smallest absolute Gasteiger partial charge is 0.102 e. The van der Waals surface area contributed by atoms with Crippen LogP contribution in [0, 0.1) is 0 Å². The summed E-state index contributed by atoms with van der Waals surface area (Å²) in [4.78, 5) is 9.59. The maximum Gasteiger partial charge on any atom is 0.102 e. The summed E-state index contributed by atoms with van der Waals surface area (Å²) in [7, 11) is 0. The average Bonchev–Trinajstić information content (AvgIpc) is 3.67. The van der Waals surface area contributed by atoms with Gasteiger partial charge in [-0.25, -0.2) is 0 Å². The van der Waals surface area contributed by atoms with E-state index < -0.39 is 0 Å². The monoisotopic (exact) mass is 552 g/mol. The molecule has 0 aliphatic rings. The third-order valence-corrected chi connectivity index (χ3v) is 11.6. The lowest BCUT2D eigenvalue weighted by atomic mass is 10.0. The molecule has 4 heterocycles. The SMILES string of the molecule is CCCCCCc1ccc(-c2ccc(-c3ccc(-c4sc(Cl)c(-c5ccccc5)c4CC)s3)s2)s1. The Labute approximate surface area is 229 Å². The summed E-state index contributed by atoms with van der Waals surface area (Å²) in [5.41, 5.74) is 3.76. The number of hydrogen-bond acceptors (Lipinski definition) is 4. The number of thiophene rings is 4. The topological polar surface area (TPSA) is 0 Å². The van der Waals surface area contributed by atoms with E-state index in [9.17, 15) is 0 Å². The Hall–Kier alpha value is -1.69. The number of unbranched alkanes of at least 4 members (excludes halogenated alkanes) is 3. The fraction of sp³-hybridized carbons (Fsp3) is 0.267. The highest BCUT2D eigenvalue weighted by Gasteiger charge is 2.20. The summed E-state index contributed by atoms with van der Waals surface area (Å²) < 4.78 is 0.889. The second-order valence-corrected chi connectivity index (χ2v) is 13.6. The zero-order chi connectivity index (χ0) is 24.2. The maximum absolute atomic E-state index is 6.78. The van der Waals surface area contributed by atoms with Gasteiger partial charge >= 0.3 is 0 Å². The highest BCUT2D eigenvalue weighted by atomic mass is 35.5. The van der Waals surface area contributed by atoms with Gasteiger partial charge in [-0.3, -0.25) is 0 Å². The van der Waals surface area contributed by atoms with Gasteiger partial charge in [-0.2, -0.15) is 0 Å². The lowest BCUT2D eigenvalue weighted by molar-refractivity contribution is 0.670. The van der Waals surface area contributed by atoms with Crippen molar-refractivity contribution in [3.63, 3.8) is 0 Å². The lowest BCUT2D eigenvalue weighted by Gasteiger charge is -2.05. The third kappa shape index (κ3) is 5.52. The number of halogens is 1. The molecular weight excluding hydrogens is 524 g/mol. The molecule has 5 heteroatoms. The van der Waals surface area contributed by atoms with Crippen LogP contribution in [-0.4, -0.2) is 0 Å². The first-order chi connectivity index (χ1) is 17.2. The van der Waals surface area contributed by atoms with Crippen molar-refractivity contribution in [2.24, 2.45) is 0 Å². The van der Waals surface area contributed by atoms with Gasteiger partial charge in [0.1, 0.15) is 4.34 Å². The van der Waals surface area contributed by atoms with Gasteiger partial charge in [0, 0.05) is 39.7 Å². The summed E-state index contributed by atoms with van der Waals surface area (Å²) in [6, 6.07) is 24.3. The Bertz CT molecular complexity index is 1380. The molecule has 0 amide bonds. The molecule has 0 aliphatic heterocycles. The van der Waals surface area contributed by atoms with Crippen molar-refractivity contribution in [3.05, 3.63) is 81.5 Å². The van der Waals surface area contributed by atoms with Crippen molar-refractivity contribution in [1.29, 1.82) is 0 Å². The van der Waals surface area contributed by atoms with Crippen LogP contribution in [0.1, 0.15) is 50.0 Å². The van der Waals surface area contributed by atoms with Crippen molar-refractivity contribution in [2.45, 2.75) is 52.4 Å². The van der Waals surface area contributed by atoms with Crippen LogP contribution >= 0.6 is 56.9 Å². The van der Waals surface area contributed by atoms with Crippen LogP contribution in [0.4, 0.5) is 0 Å². The predicted octanol–water partition coefficient (Wildman–Crippen LogP) is 11.9. The Morgan fingerprint density at radius 1 is 0.629 bits per heavy atom. The van der Waals surface area contributed by atoms with Gasteiger partial charge in [0.15, 0.2) is 0 Å². The molecule has 0 atom stereocenters. The Kier molecular flexibility index (Phi) is 8.26. The van der Waals surface area contributed by atoms with Crippen LogP contribution < -0.4 is 0 Å². The van der Waals surface area contributed by atoms with E-state index in [0.717, 1.165) is 10.8 Å². The second-order valence-electron chi connectivity index (χ2n) is 8.68. The minimum absolute atomic E-state index is 0.889. The second kappa shape index (κ2) is 11.6. The summed E-state index contributed by atoms with van der Waals surface area (Å²) >= 11 is 14.3. The first-order valence-corrected chi connectivity index (χ1v) is 16.0. The molecule has 5 aromatic rings. The van der Waals surface area contributed by atoms with Crippen molar-refractivity contribution >= 4 is 56.9 Å². The Morgan fingerprint density at radius 3 is 1.94 bits per heavy atom. The molecule has 0 N–H and O–H groups in total. The van der Waals surface area contributed by atoms with Crippen LogP contribution in [0.2, 0.25) is 4.34 Å².